The molecular weight excluding hydrogens is 863 g/mol. The third-order valence-corrected chi connectivity index (χ3v) is 14.7. The first-order valence-electron chi connectivity index (χ1n) is 24.7. The smallest absolute Gasteiger partial charge is 0.143 e. The fraction of sp³-hybridized carbons (Fsp3) is 0.0448. The molecule has 0 aliphatic heterocycles. The number of hydrogen-bond acceptors (Lipinski definition) is 1. The number of hydrogen-bond donors (Lipinski definition) is 0. The van der Waals surface area contributed by atoms with Crippen LogP contribution in [-0.2, 0) is 0 Å². The van der Waals surface area contributed by atoms with Crippen molar-refractivity contribution in [2.75, 3.05) is 0 Å². The van der Waals surface area contributed by atoms with Gasteiger partial charge in [0.2, 0.25) is 0 Å². The normalized spacial score (nSPS) is 12.6. The molecule has 0 aliphatic carbocycles. The molecule has 0 atom stereocenters. The summed E-state index contributed by atoms with van der Waals surface area (Å²) in [6, 6.07) is 81.9. The molecule has 0 spiro atoms. The monoisotopic (exact) mass is 909 g/mol. The van der Waals surface area contributed by atoms with Gasteiger partial charge in [-0.1, -0.05) is 146 Å². The molecule has 71 heavy (non-hydrogen) atoms. The maximum atomic E-state index is 6.48. The quantitative estimate of drug-likeness (QED) is 0.157. The lowest BCUT2D eigenvalue weighted by Crippen LogP contribution is -2.28. The van der Waals surface area contributed by atoms with E-state index in [-0.39, 0.29) is 0 Å². The topological polar surface area (TPSA) is 27.9 Å². The fourth-order valence-corrected chi connectivity index (χ4v) is 11.5. The molecule has 14 aromatic rings. The van der Waals surface area contributed by atoms with Crippen LogP contribution in [0.25, 0.3) is 139 Å². The number of para-hydroxylation sites is 5. The van der Waals surface area contributed by atoms with Crippen LogP contribution in [0.15, 0.2) is 229 Å². The molecule has 0 saturated heterocycles. The van der Waals surface area contributed by atoms with Crippen LogP contribution < -0.4 is 10.6 Å². The van der Waals surface area contributed by atoms with Gasteiger partial charge in [0.15, 0.2) is 0 Å². The lowest BCUT2D eigenvalue weighted by Gasteiger charge is -2.11. The van der Waals surface area contributed by atoms with Crippen LogP contribution in [0.4, 0.5) is 0 Å². The number of furan rings is 1. The van der Waals surface area contributed by atoms with Crippen LogP contribution in [0.3, 0.4) is 0 Å². The molecule has 4 heteroatoms. The Bertz CT molecular complexity index is 4550. The second-order valence-electron chi connectivity index (χ2n) is 18.6. The molecule has 0 unspecified atom stereocenters. The number of rotatable bonds is 7. The Kier molecular flexibility index (Phi) is 9.37. The number of fused-ring (bicyclic) bond motifs is 10. The molecule has 336 valence electrons. The Morgan fingerprint density at radius 3 is 1.41 bits per heavy atom. The van der Waals surface area contributed by atoms with E-state index in [4.69, 9.17) is 4.42 Å². The van der Waals surface area contributed by atoms with Gasteiger partial charge in [-0.3, -0.25) is 0 Å². The van der Waals surface area contributed by atoms with Crippen LogP contribution >= 0.6 is 0 Å². The van der Waals surface area contributed by atoms with Crippen LogP contribution in [0, 0.1) is 0 Å². The molecule has 0 aliphatic rings. The van der Waals surface area contributed by atoms with Crippen molar-refractivity contribution >= 4 is 88.6 Å². The van der Waals surface area contributed by atoms with E-state index in [1.807, 2.05) is 12.1 Å². The number of aromatic nitrogens is 3. The Morgan fingerprint density at radius 2 is 0.817 bits per heavy atom. The molecule has 0 fully saturated rings. The summed E-state index contributed by atoms with van der Waals surface area (Å²) >= 11 is 0. The standard InChI is InChI=1S/C67H47N3O/c1-3-16-60-51(4-2)56-39-44(29-35-62(56)68(60)48-17-7-5-8-18-48)46-31-37-64-58(41-46)59-42-47(45-30-36-63-57(40-45)53-21-11-13-25-61(53)69(63)49-19-9-6-10-20-49)32-38-65(59)70(64)50-33-27-43(28-34-50)52-23-15-24-55-54-22-12-14-26-66(54)71-67(52)55/h4-42H,3H2,1-2H3/b51-4-,60-16+. The van der Waals surface area contributed by atoms with E-state index in [1.54, 1.807) is 0 Å². The zero-order valence-electron chi connectivity index (χ0n) is 39.5. The van der Waals surface area contributed by atoms with Crippen molar-refractivity contribution in [3.05, 3.63) is 235 Å². The highest BCUT2D eigenvalue weighted by Gasteiger charge is 2.19. The van der Waals surface area contributed by atoms with Gasteiger partial charge in [-0.05, 0) is 138 Å². The van der Waals surface area contributed by atoms with Crippen molar-refractivity contribution in [1.82, 2.24) is 13.7 Å². The summed E-state index contributed by atoms with van der Waals surface area (Å²) in [7, 11) is 0. The lowest BCUT2D eigenvalue weighted by molar-refractivity contribution is 0.670. The van der Waals surface area contributed by atoms with Crippen molar-refractivity contribution in [2.24, 2.45) is 0 Å². The summed E-state index contributed by atoms with van der Waals surface area (Å²) in [5, 5.41) is 10.9. The molecule has 0 amide bonds. The molecular formula is C67H47N3O. The fourth-order valence-electron chi connectivity index (χ4n) is 11.5. The highest BCUT2D eigenvalue weighted by atomic mass is 16.3. The molecule has 4 heterocycles. The van der Waals surface area contributed by atoms with Crippen LogP contribution in [0.1, 0.15) is 20.3 Å². The predicted molar refractivity (Wildman–Crippen MR) is 300 cm³/mol. The van der Waals surface area contributed by atoms with Crippen LogP contribution in [-0.4, -0.2) is 13.7 Å². The molecule has 0 saturated carbocycles. The number of nitrogens with zero attached hydrogens (tertiary/aromatic N) is 3. The molecule has 10 aromatic carbocycles. The van der Waals surface area contributed by atoms with Crippen molar-refractivity contribution in [3.8, 4) is 50.4 Å². The Balaban J connectivity index is 0.952. The minimum atomic E-state index is 0.906. The number of benzene rings is 10. The third kappa shape index (κ3) is 6.38. The molecule has 4 aromatic heterocycles. The molecule has 0 radical (unpaired) electrons. The van der Waals surface area contributed by atoms with E-state index >= 15 is 0 Å². The SMILES string of the molecule is C/C=c1\c(=C/CC)n(-c2ccccc2)c2ccc(-c3ccc4c(c3)c3cc(-c5ccc6c(c5)c5ccccc5n6-c5ccccc5)ccc3n4-c3ccc(-c4cccc5c4oc4ccccc45)cc3)cc12. The average molecular weight is 910 g/mol. The second-order valence-corrected chi connectivity index (χ2v) is 18.6. The van der Waals surface area contributed by atoms with E-state index < -0.39 is 0 Å². The van der Waals surface area contributed by atoms with Gasteiger partial charge in [-0.25, -0.2) is 0 Å². The van der Waals surface area contributed by atoms with Gasteiger partial charge in [0.1, 0.15) is 11.2 Å². The van der Waals surface area contributed by atoms with Crippen LogP contribution in [0.5, 0.6) is 0 Å². The Hall–Kier alpha value is -9.12. The van der Waals surface area contributed by atoms with E-state index in [0.29, 0.717) is 0 Å². The highest BCUT2D eigenvalue weighted by Crippen LogP contribution is 2.41. The molecule has 0 bridgehead atoms. The van der Waals surface area contributed by atoms with Crippen molar-refractivity contribution in [2.45, 2.75) is 20.3 Å². The minimum Gasteiger partial charge on any atom is -0.455 e. The van der Waals surface area contributed by atoms with Crippen molar-refractivity contribution in [1.29, 1.82) is 0 Å². The van der Waals surface area contributed by atoms with Gasteiger partial charge in [0, 0.05) is 70.9 Å². The summed E-state index contributed by atoms with van der Waals surface area (Å²) in [6.45, 7) is 4.38. The Labute approximate surface area is 410 Å². The third-order valence-electron chi connectivity index (χ3n) is 14.7. The van der Waals surface area contributed by atoms with Gasteiger partial charge in [-0.15, -0.1) is 0 Å². The summed E-state index contributed by atoms with van der Waals surface area (Å²) in [4.78, 5) is 0. The van der Waals surface area contributed by atoms with E-state index in [1.165, 1.54) is 82.0 Å². The highest BCUT2D eigenvalue weighted by molar-refractivity contribution is 6.14. The lowest BCUT2D eigenvalue weighted by atomic mass is 9.98. The van der Waals surface area contributed by atoms with Gasteiger partial charge in [0.25, 0.3) is 0 Å². The van der Waals surface area contributed by atoms with E-state index in [0.717, 1.165) is 61.9 Å². The average Bonchev–Trinajstić information content (AvgIpc) is 4.17. The predicted octanol–water partition coefficient (Wildman–Crippen LogP) is 16.7. The second kappa shape index (κ2) is 16.3. The molecule has 0 N–H and O–H groups in total. The van der Waals surface area contributed by atoms with Gasteiger partial charge < -0.3 is 18.1 Å². The molecule has 14 rings (SSSR count). The first-order valence-corrected chi connectivity index (χ1v) is 24.7. The van der Waals surface area contributed by atoms with Gasteiger partial charge in [0.05, 0.1) is 27.6 Å². The first-order chi connectivity index (χ1) is 35.1. The van der Waals surface area contributed by atoms with Gasteiger partial charge >= 0.3 is 0 Å². The van der Waals surface area contributed by atoms with Gasteiger partial charge in [-0.2, -0.15) is 0 Å². The Morgan fingerprint density at radius 1 is 0.366 bits per heavy atom. The van der Waals surface area contributed by atoms with E-state index in [2.05, 4.69) is 252 Å². The largest absolute Gasteiger partial charge is 0.455 e. The van der Waals surface area contributed by atoms with Crippen LogP contribution in [0.2, 0.25) is 0 Å². The maximum Gasteiger partial charge on any atom is 0.143 e. The molecule has 4 nitrogen and oxygen atoms in total. The summed E-state index contributed by atoms with van der Waals surface area (Å²) < 4.78 is 13.7. The summed E-state index contributed by atoms with van der Waals surface area (Å²) in [5.41, 5.74) is 18.1. The minimum absolute atomic E-state index is 0.906. The van der Waals surface area contributed by atoms with Crippen molar-refractivity contribution < 1.29 is 4.42 Å². The first kappa shape index (κ1) is 40.9. The van der Waals surface area contributed by atoms with E-state index in [9.17, 15) is 0 Å². The summed E-state index contributed by atoms with van der Waals surface area (Å²) in [6.07, 6.45) is 5.57. The zero-order valence-corrected chi connectivity index (χ0v) is 39.5. The van der Waals surface area contributed by atoms with Crippen molar-refractivity contribution in [3.63, 3.8) is 0 Å². The maximum absolute atomic E-state index is 6.48. The summed E-state index contributed by atoms with van der Waals surface area (Å²) in [5.74, 6) is 0. The zero-order chi connectivity index (χ0) is 47.2.